The molecule has 0 unspecified atom stereocenters. The molecule has 0 bridgehead atoms. The van der Waals surface area contributed by atoms with Gasteiger partial charge in [-0.05, 0) is 76.7 Å². The SMILES string of the molecule is CN1CCC(N(c2cc(F)c(Oc3ncccc3C(F)(F)F)cc2C(=O)O)C(=O)[C@H]2CC[C@H](C)CC2)CC1. The molecule has 0 radical (unpaired) electrons. The van der Waals surface area contributed by atoms with E-state index in [1.807, 2.05) is 7.05 Å². The highest BCUT2D eigenvalue weighted by Gasteiger charge is 2.38. The van der Waals surface area contributed by atoms with Gasteiger partial charge in [-0.1, -0.05) is 6.92 Å². The largest absolute Gasteiger partial charge is 0.478 e. The van der Waals surface area contributed by atoms with Crippen molar-refractivity contribution in [3.05, 3.63) is 47.4 Å². The minimum atomic E-state index is -4.81. The summed E-state index contributed by atoms with van der Waals surface area (Å²) in [6.07, 6.45) is 0.460. The number of alkyl halides is 3. The van der Waals surface area contributed by atoms with E-state index in [4.69, 9.17) is 4.74 Å². The third-order valence-corrected chi connectivity index (χ3v) is 7.48. The fourth-order valence-corrected chi connectivity index (χ4v) is 5.24. The molecule has 1 aliphatic heterocycles. The lowest BCUT2D eigenvalue weighted by molar-refractivity contribution is -0.139. The highest BCUT2D eigenvalue weighted by molar-refractivity contribution is 6.03. The van der Waals surface area contributed by atoms with Gasteiger partial charge in [0.2, 0.25) is 11.8 Å². The molecule has 206 valence electrons. The van der Waals surface area contributed by atoms with Crippen molar-refractivity contribution in [2.45, 2.75) is 57.7 Å². The maximum Gasteiger partial charge on any atom is 0.421 e. The quantitative estimate of drug-likeness (QED) is 0.457. The van der Waals surface area contributed by atoms with Gasteiger partial charge in [-0.2, -0.15) is 13.2 Å². The molecule has 2 aromatic rings. The van der Waals surface area contributed by atoms with Gasteiger partial charge >= 0.3 is 12.1 Å². The van der Waals surface area contributed by atoms with Crippen molar-refractivity contribution in [1.29, 1.82) is 0 Å². The summed E-state index contributed by atoms with van der Waals surface area (Å²) >= 11 is 0. The first-order chi connectivity index (χ1) is 18.0. The maximum absolute atomic E-state index is 15.4. The number of amides is 1. The Kier molecular flexibility index (Phi) is 8.25. The number of benzene rings is 1. The second-order valence-corrected chi connectivity index (χ2v) is 10.3. The van der Waals surface area contributed by atoms with Crippen molar-refractivity contribution >= 4 is 17.6 Å². The predicted octanol–water partition coefficient (Wildman–Crippen LogP) is 5.98. The number of likely N-dealkylation sites (tertiary alicyclic amines) is 1. The number of halogens is 4. The Labute approximate surface area is 218 Å². The molecule has 1 amide bonds. The lowest BCUT2D eigenvalue weighted by Crippen LogP contribution is -2.49. The number of aromatic nitrogens is 1. The Morgan fingerprint density at radius 1 is 1.11 bits per heavy atom. The summed E-state index contributed by atoms with van der Waals surface area (Å²) in [5.41, 5.74) is -1.77. The Bertz CT molecular complexity index is 1170. The van der Waals surface area contributed by atoms with Gasteiger partial charge in [-0.3, -0.25) is 4.79 Å². The first kappa shape index (κ1) is 27.8. The van der Waals surface area contributed by atoms with Crippen LogP contribution in [0.4, 0.5) is 23.2 Å². The number of hydrogen-bond donors (Lipinski definition) is 1. The van der Waals surface area contributed by atoms with Gasteiger partial charge in [0.15, 0.2) is 11.6 Å². The van der Waals surface area contributed by atoms with Gasteiger partial charge in [-0.15, -0.1) is 0 Å². The number of carbonyl (C=O) groups is 2. The summed E-state index contributed by atoms with van der Waals surface area (Å²) < 4.78 is 60.7. The van der Waals surface area contributed by atoms with Gasteiger partial charge in [-0.25, -0.2) is 14.2 Å². The van der Waals surface area contributed by atoms with Crippen LogP contribution in [-0.4, -0.2) is 53.0 Å². The molecule has 11 heteroatoms. The third-order valence-electron chi connectivity index (χ3n) is 7.48. The molecule has 38 heavy (non-hydrogen) atoms. The van der Waals surface area contributed by atoms with E-state index in [1.54, 1.807) is 0 Å². The smallest absolute Gasteiger partial charge is 0.421 e. The molecular formula is C27H31F4N3O4. The van der Waals surface area contributed by atoms with Gasteiger partial charge in [0.05, 0.1) is 11.3 Å². The van der Waals surface area contributed by atoms with Crippen LogP contribution in [0.1, 0.15) is 61.4 Å². The van der Waals surface area contributed by atoms with Crippen molar-refractivity contribution in [2.75, 3.05) is 25.0 Å². The zero-order chi connectivity index (χ0) is 27.6. The molecule has 2 heterocycles. The molecule has 7 nitrogen and oxygen atoms in total. The van der Waals surface area contributed by atoms with E-state index in [1.165, 1.54) is 4.90 Å². The van der Waals surface area contributed by atoms with Crippen LogP contribution in [0.3, 0.4) is 0 Å². The van der Waals surface area contributed by atoms with Crippen LogP contribution in [0.2, 0.25) is 0 Å². The van der Waals surface area contributed by atoms with Gasteiger partial charge in [0.25, 0.3) is 0 Å². The number of nitrogens with zero attached hydrogens (tertiary/aromatic N) is 3. The first-order valence-corrected chi connectivity index (χ1v) is 12.7. The molecular weight excluding hydrogens is 506 g/mol. The average molecular weight is 538 g/mol. The minimum absolute atomic E-state index is 0.113. The van der Waals surface area contributed by atoms with Crippen molar-refractivity contribution < 1.29 is 37.0 Å². The normalized spacial score (nSPS) is 21.2. The van der Waals surface area contributed by atoms with Gasteiger partial charge < -0.3 is 19.6 Å². The number of hydrogen-bond acceptors (Lipinski definition) is 5. The van der Waals surface area contributed by atoms with Crippen molar-refractivity contribution in [1.82, 2.24) is 9.88 Å². The summed E-state index contributed by atoms with van der Waals surface area (Å²) in [7, 11) is 1.95. The molecule has 1 aromatic heterocycles. The zero-order valence-electron chi connectivity index (χ0n) is 21.3. The standard InChI is InChI=1S/C27H31F4N3O4/c1-16-5-7-17(8-6-16)25(35)34(18-9-12-33(2)13-10-18)22-15-21(28)23(14-19(22)26(36)37)38-24-20(27(29,30)31)4-3-11-32-24/h3-4,11,14-18H,5-10,12-13H2,1-2H3,(H,36,37)/t16-,17-. The number of anilines is 1. The predicted molar refractivity (Wildman–Crippen MR) is 132 cm³/mol. The molecule has 1 saturated carbocycles. The number of rotatable bonds is 6. The highest BCUT2D eigenvalue weighted by atomic mass is 19.4. The highest BCUT2D eigenvalue weighted by Crippen LogP contribution is 2.40. The topological polar surface area (TPSA) is 83.0 Å². The summed E-state index contributed by atoms with van der Waals surface area (Å²) in [6, 6.07) is 3.18. The van der Waals surface area contributed by atoms with Gasteiger partial charge in [0, 0.05) is 30.3 Å². The molecule has 0 atom stereocenters. The number of carbonyl (C=O) groups excluding carboxylic acids is 1. The van der Waals surface area contributed by atoms with Crippen molar-refractivity contribution in [3.8, 4) is 11.6 Å². The van der Waals surface area contributed by atoms with Crippen molar-refractivity contribution in [2.24, 2.45) is 11.8 Å². The molecule has 1 saturated heterocycles. The number of aromatic carboxylic acids is 1. The first-order valence-electron chi connectivity index (χ1n) is 12.7. The molecule has 1 aliphatic carbocycles. The second kappa shape index (κ2) is 11.3. The fraction of sp³-hybridized carbons (Fsp3) is 0.519. The number of ether oxygens (including phenoxy) is 1. The van der Waals surface area contributed by atoms with Crippen LogP contribution < -0.4 is 9.64 Å². The van der Waals surface area contributed by atoms with Crippen molar-refractivity contribution in [3.63, 3.8) is 0 Å². The Hall–Kier alpha value is -3.21. The number of carboxylic acids is 1. The minimum Gasteiger partial charge on any atom is -0.478 e. The summed E-state index contributed by atoms with van der Waals surface area (Å²) in [6.45, 7) is 3.49. The lowest BCUT2D eigenvalue weighted by atomic mass is 9.81. The van der Waals surface area contributed by atoms with Crippen LogP contribution in [0, 0.1) is 17.7 Å². The second-order valence-electron chi connectivity index (χ2n) is 10.3. The average Bonchev–Trinajstić information content (AvgIpc) is 2.86. The van der Waals surface area contributed by atoms with Crippen LogP contribution in [0.15, 0.2) is 30.5 Å². The summed E-state index contributed by atoms with van der Waals surface area (Å²) in [5, 5.41) is 10.0. The third kappa shape index (κ3) is 6.09. The van der Waals surface area contributed by atoms with E-state index >= 15 is 4.39 Å². The molecule has 2 fully saturated rings. The Morgan fingerprint density at radius 2 is 1.76 bits per heavy atom. The van der Waals surface area contributed by atoms with Crippen LogP contribution in [0.25, 0.3) is 0 Å². The van der Waals surface area contributed by atoms with E-state index in [0.29, 0.717) is 44.7 Å². The van der Waals surface area contributed by atoms with E-state index in [2.05, 4.69) is 16.8 Å². The van der Waals surface area contributed by atoms with E-state index in [0.717, 1.165) is 43.3 Å². The fourth-order valence-electron chi connectivity index (χ4n) is 5.24. The number of piperidine rings is 1. The van der Waals surface area contributed by atoms with Crippen LogP contribution in [-0.2, 0) is 11.0 Å². The zero-order valence-corrected chi connectivity index (χ0v) is 21.3. The Morgan fingerprint density at radius 3 is 2.37 bits per heavy atom. The summed E-state index contributed by atoms with van der Waals surface area (Å²) in [4.78, 5) is 33.2. The van der Waals surface area contributed by atoms with Gasteiger partial charge in [0.1, 0.15) is 5.56 Å². The Balaban J connectivity index is 1.75. The molecule has 1 aromatic carbocycles. The van der Waals surface area contributed by atoms with Crippen LogP contribution >= 0.6 is 0 Å². The summed E-state index contributed by atoms with van der Waals surface area (Å²) in [5.74, 6) is -4.23. The molecule has 4 rings (SSSR count). The lowest BCUT2D eigenvalue weighted by Gasteiger charge is -2.40. The monoisotopic (exact) mass is 537 g/mol. The molecule has 2 aliphatic rings. The van der Waals surface area contributed by atoms with Crippen LogP contribution in [0.5, 0.6) is 11.6 Å². The maximum atomic E-state index is 15.4. The van der Waals surface area contributed by atoms with E-state index < -0.39 is 40.7 Å². The molecule has 0 spiro atoms. The van der Waals surface area contributed by atoms with E-state index in [9.17, 15) is 27.9 Å². The van der Waals surface area contributed by atoms with E-state index in [-0.39, 0.29) is 23.6 Å². The molecule has 1 N–H and O–H groups in total. The number of carboxylic acid groups (broad SMARTS) is 1. The number of pyridine rings is 1.